The predicted molar refractivity (Wildman–Crippen MR) is 83.9 cm³/mol. The Hall–Kier alpha value is -0.860. The van der Waals surface area contributed by atoms with E-state index in [1.54, 1.807) is 6.07 Å². The van der Waals surface area contributed by atoms with E-state index >= 15 is 0 Å². The van der Waals surface area contributed by atoms with Gasteiger partial charge in [0, 0.05) is 9.35 Å². The summed E-state index contributed by atoms with van der Waals surface area (Å²) in [7, 11) is 0. The number of thiophene rings is 1. The standard InChI is InChI=1S/C15H11BrClNOS/c16-11-5-12(20-14(11)17)13(19)15(8-18)6-9-3-1-2-4-10(9)7-15/h1-5,13,19H,6-7H2. The number of halogens is 2. The number of rotatable bonds is 2. The van der Waals surface area contributed by atoms with E-state index in [9.17, 15) is 10.4 Å². The van der Waals surface area contributed by atoms with Crippen molar-refractivity contribution in [3.8, 4) is 6.07 Å². The molecular weight excluding hydrogens is 358 g/mol. The van der Waals surface area contributed by atoms with Gasteiger partial charge in [-0.2, -0.15) is 5.26 Å². The molecule has 5 heteroatoms. The van der Waals surface area contributed by atoms with Crippen molar-refractivity contribution in [2.24, 2.45) is 5.41 Å². The molecule has 0 saturated carbocycles. The van der Waals surface area contributed by atoms with Crippen LogP contribution in [0.25, 0.3) is 0 Å². The molecule has 1 aliphatic carbocycles. The van der Waals surface area contributed by atoms with Gasteiger partial charge in [-0.3, -0.25) is 0 Å². The Morgan fingerprint density at radius 1 is 1.35 bits per heavy atom. The van der Waals surface area contributed by atoms with Gasteiger partial charge in [0.15, 0.2) is 0 Å². The van der Waals surface area contributed by atoms with Crippen LogP contribution in [0, 0.1) is 16.7 Å². The summed E-state index contributed by atoms with van der Waals surface area (Å²) in [5.41, 5.74) is 1.50. The molecule has 1 aromatic heterocycles. The van der Waals surface area contributed by atoms with Gasteiger partial charge in [-0.15, -0.1) is 11.3 Å². The van der Waals surface area contributed by atoms with Crippen molar-refractivity contribution in [2.45, 2.75) is 18.9 Å². The fourth-order valence-corrected chi connectivity index (χ4v) is 4.59. The summed E-state index contributed by atoms with van der Waals surface area (Å²) in [6, 6.07) is 12.1. The fraction of sp³-hybridized carbons (Fsp3) is 0.267. The van der Waals surface area contributed by atoms with E-state index in [1.165, 1.54) is 11.3 Å². The van der Waals surface area contributed by atoms with E-state index in [0.29, 0.717) is 17.2 Å². The zero-order chi connectivity index (χ0) is 14.3. The van der Waals surface area contributed by atoms with Crippen LogP contribution in [0.1, 0.15) is 22.1 Å². The lowest BCUT2D eigenvalue weighted by atomic mass is 9.80. The zero-order valence-corrected chi connectivity index (χ0v) is 13.6. The number of aliphatic hydroxyl groups is 1. The Balaban J connectivity index is 1.98. The summed E-state index contributed by atoms with van der Waals surface area (Å²) in [6.45, 7) is 0. The molecule has 1 heterocycles. The molecule has 0 radical (unpaired) electrons. The number of nitrogens with zero attached hydrogens (tertiary/aromatic N) is 1. The Morgan fingerprint density at radius 3 is 2.40 bits per heavy atom. The summed E-state index contributed by atoms with van der Waals surface area (Å²) in [4.78, 5) is 0.733. The maximum absolute atomic E-state index is 10.7. The second-order valence-electron chi connectivity index (χ2n) is 5.06. The highest BCUT2D eigenvalue weighted by Gasteiger charge is 2.45. The van der Waals surface area contributed by atoms with Crippen LogP contribution in [-0.4, -0.2) is 5.11 Å². The lowest BCUT2D eigenvalue weighted by Gasteiger charge is -2.26. The SMILES string of the molecule is N#CC1(C(O)c2cc(Br)c(Cl)s2)Cc2ccccc2C1. The Morgan fingerprint density at radius 2 is 1.95 bits per heavy atom. The minimum Gasteiger partial charge on any atom is -0.386 e. The quantitative estimate of drug-likeness (QED) is 0.848. The van der Waals surface area contributed by atoms with Crippen molar-refractivity contribution in [2.75, 3.05) is 0 Å². The molecule has 0 spiro atoms. The summed E-state index contributed by atoms with van der Waals surface area (Å²) in [5.74, 6) is 0. The van der Waals surface area contributed by atoms with Gasteiger partial charge >= 0.3 is 0 Å². The summed E-state index contributed by atoms with van der Waals surface area (Å²) >= 11 is 10.7. The van der Waals surface area contributed by atoms with Crippen LogP contribution >= 0.6 is 38.9 Å². The second kappa shape index (κ2) is 5.16. The van der Waals surface area contributed by atoms with Crippen molar-refractivity contribution in [1.82, 2.24) is 0 Å². The smallest absolute Gasteiger partial charge is 0.107 e. The van der Waals surface area contributed by atoms with Gasteiger partial charge in [-0.05, 0) is 46.0 Å². The molecule has 0 bridgehead atoms. The van der Waals surface area contributed by atoms with Gasteiger partial charge in [0.25, 0.3) is 0 Å². The maximum atomic E-state index is 10.7. The van der Waals surface area contributed by atoms with E-state index in [1.807, 2.05) is 24.3 Å². The predicted octanol–water partition coefficient (Wildman–Crippen LogP) is 4.51. The highest BCUT2D eigenvalue weighted by atomic mass is 79.9. The minimum atomic E-state index is -0.825. The highest BCUT2D eigenvalue weighted by Crippen LogP contribution is 2.48. The lowest BCUT2D eigenvalue weighted by molar-refractivity contribution is 0.0725. The van der Waals surface area contributed by atoms with Gasteiger partial charge in [0.2, 0.25) is 0 Å². The third-order valence-corrected chi connectivity index (χ3v) is 6.34. The minimum absolute atomic E-state index is 0.577. The number of aliphatic hydroxyl groups excluding tert-OH is 1. The molecule has 1 atom stereocenters. The highest BCUT2D eigenvalue weighted by molar-refractivity contribution is 9.10. The molecule has 0 aliphatic heterocycles. The van der Waals surface area contributed by atoms with E-state index in [4.69, 9.17) is 11.6 Å². The van der Waals surface area contributed by atoms with Gasteiger partial charge in [0.05, 0.1) is 11.5 Å². The first-order valence-electron chi connectivity index (χ1n) is 6.16. The molecule has 0 saturated heterocycles. The maximum Gasteiger partial charge on any atom is 0.107 e. The van der Waals surface area contributed by atoms with Gasteiger partial charge in [0.1, 0.15) is 10.4 Å². The van der Waals surface area contributed by atoms with Crippen molar-refractivity contribution in [3.63, 3.8) is 0 Å². The Bertz CT molecular complexity index is 662. The van der Waals surface area contributed by atoms with Crippen molar-refractivity contribution >= 4 is 38.9 Å². The molecule has 1 aromatic carbocycles. The first kappa shape index (κ1) is 14.1. The second-order valence-corrected chi connectivity index (χ2v) is 7.60. The van der Waals surface area contributed by atoms with E-state index < -0.39 is 11.5 Å². The van der Waals surface area contributed by atoms with Gasteiger partial charge in [-0.25, -0.2) is 0 Å². The number of benzene rings is 1. The zero-order valence-electron chi connectivity index (χ0n) is 10.4. The van der Waals surface area contributed by atoms with Crippen LogP contribution < -0.4 is 0 Å². The lowest BCUT2D eigenvalue weighted by Crippen LogP contribution is -2.27. The fourth-order valence-electron chi connectivity index (χ4n) is 2.75. The number of hydrogen-bond acceptors (Lipinski definition) is 3. The van der Waals surface area contributed by atoms with Gasteiger partial charge < -0.3 is 5.11 Å². The molecule has 3 rings (SSSR count). The molecule has 1 N–H and O–H groups in total. The molecule has 2 nitrogen and oxygen atoms in total. The Kier molecular flexibility index (Phi) is 3.64. The van der Waals surface area contributed by atoms with Crippen molar-refractivity contribution in [1.29, 1.82) is 5.26 Å². The monoisotopic (exact) mass is 367 g/mol. The van der Waals surface area contributed by atoms with Crippen LogP contribution in [0.3, 0.4) is 0 Å². The molecule has 0 fully saturated rings. The molecule has 1 aliphatic rings. The van der Waals surface area contributed by atoms with Crippen LogP contribution in [0.2, 0.25) is 4.34 Å². The number of fused-ring (bicyclic) bond motifs is 1. The summed E-state index contributed by atoms with van der Waals surface area (Å²) < 4.78 is 1.37. The van der Waals surface area contributed by atoms with E-state index in [2.05, 4.69) is 22.0 Å². The molecule has 0 amide bonds. The molecule has 1 unspecified atom stereocenters. The third kappa shape index (κ3) is 2.19. The number of hydrogen-bond donors (Lipinski definition) is 1. The summed E-state index contributed by atoms with van der Waals surface area (Å²) in [5, 5.41) is 20.3. The number of nitriles is 1. The van der Waals surface area contributed by atoms with Crippen LogP contribution in [-0.2, 0) is 12.8 Å². The van der Waals surface area contributed by atoms with Crippen molar-refractivity contribution < 1.29 is 5.11 Å². The van der Waals surface area contributed by atoms with Crippen LogP contribution in [0.4, 0.5) is 0 Å². The van der Waals surface area contributed by atoms with Crippen LogP contribution in [0.5, 0.6) is 0 Å². The summed E-state index contributed by atoms with van der Waals surface area (Å²) in [6.07, 6.45) is 0.329. The first-order valence-corrected chi connectivity index (χ1v) is 8.15. The van der Waals surface area contributed by atoms with E-state index in [-0.39, 0.29) is 0 Å². The largest absolute Gasteiger partial charge is 0.386 e. The average Bonchev–Trinajstić information content (AvgIpc) is 2.99. The van der Waals surface area contributed by atoms with E-state index in [0.717, 1.165) is 20.5 Å². The van der Waals surface area contributed by atoms with Gasteiger partial charge in [-0.1, -0.05) is 35.9 Å². The van der Waals surface area contributed by atoms with Crippen molar-refractivity contribution in [3.05, 3.63) is 55.1 Å². The normalized spacial score (nSPS) is 17.5. The topological polar surface area (TPSA) is 44.0 Å². The van der Waals surface area contributed by atoms with Crippen LogP contribution in [0.15, 0.2) is 34.8 Å². The first-order chi connectivity index (χ1) is 9.55. The third-order valence-electron chi connectivity index (χ3n) is 3.81. The Labute approximate surface area is 134 Å². The molecular formula is C15H11BrClNOS. The molecule has 2 aromatic rings. The average molecular weight is 369 g/mol. The molecule has 102 valence electrons. The molecule has 20 heavy (non-hydrogen) atoms.